The lowest BCUT2D eigenvalue weighted by Gasteiger charge is -2.54. The maximum atomic E-state index is 12.7. The minimum absolute atomic E-state index is 0.0717. The number of nitriles is 2. The van der Waals surface area contributed by atoms with Crippen molar-refractivity contribution in [2.24, 2.45) is 22.7 Å². The fraction of sp³-hybridized carbons (Fsp3) is 0.476. The molecule has 3 aliphatic rings. The Balaban J connectivity index is 2.25. The molecule has 1 fully saturated rings. The van der Waals surface area contributed by atoms with Crippen LogP contribution in [0.2, 0.25) is 0 Å². The zero-order valence-corrected chi connectivity index (χ0v) is 15.8. The minimum atomic E-state index is -0.770. The average molecular weight is 364 g/mol. The molecule has 0 N–H and O–H groups in total. The molecular weight excluding hydrogens is 344 g/mol. The molecule has 0 aromatic rings. The lowest BCUT2D eigenvalue weighted by Crippen LogP contribution is -2.51. The molecule has 1 saturated carbocycles. The summed E-state index contributed by atoms with van der Waals surface area (Å²) in [6, 6.07) is 3.83. The molecule has 0 radical (unpaired) electrons. The molecule has 0 amide bonds. The second-order valence-electron chi connectivity index (χ2n) is 8.04. The summed E-state index contributed by atoms with van der Waals surface area (Å²) in [7, 11) is 1.22. The maximum absolute atomic E-state index is 12.7. The normalized spacial score (nSPS) is 31.6. The molecule has 3 atom stereocenters. The zero-order valence-electron chi connectivity index (χ0n) is 15.8. The number of ether oxygens (including phenoxy) is 1. The average Bonchev–Trinajstić information content (AvgIpc) is 2.63. The predicted molar refractivity (Wildman–Crippen MR) is 94.6 cm³/mol. The Bertz CT molecular complexity index is 952. The van der Waals surface area contributed by atoms with Gasteiger partial charge in [0, 0.05) is 16.7 Å². The van der Waals surface area contributed by atoms with E-state index >= 15 is 0 Å². The van der Waals surface area contributed by atoms with Crippen molar-refractivity contribution >= 4 is 17.5 Å². The number of ketones is 2. The van der Waals surface area contributed by atoms with E-state index < -0.39 is 28.5 Å². The highest BCUT2D eigenvalue weighted by Crippen LogP contribution is 2.60. The molecule has 0 heterocycles. The minimum Gasteiger partial charge on any atom is -0.466 e. The van der Waals surface area contributed by atoms with Crippen molar-refractivity contribution in [3.63, 3.8) is 0 Å². The van der Waals surface area contributed by atoms with E-state index in [1.54, 1.807) is 6.08 Å². The number of hydrogen-bond donors (Lipinski definition) is 0. The number of Topliss-reactive ketones (excluding diaryl/α,β-unsaturated/α-hetero) is 1. The van der Waals surface area contributed by atoms with Gasteiger partial charge in [-0.1, -0.05) is 26.8 Å². The molecule has 0 aromatic heterocycles. The van der Waals surface area contributed by atoms with E-state index in [4.69, 9.17) is 4.74 Å². The molecule has 0 spiro atoms. The highest BCUT2D eigenvalue weighted by molar-refractivity contribution is 6.14. The third-order valence-corrected chi connectivity index (χ3v) is 6.40. The van der Waals surface area contributed by atoms with Crippen LogP contribution in [0.5, 0.6) is 0 Å². The molecule has 6 heteroatoms. The Morgan fingerprint density at radius 3 is 2.41 bits per heavy atom. The maximum Gasteiger partial charge on any atom is 0.335 e. The highest BCUT2D eigenvalue weighted by atomic mass is 16.5. The molecule has 3 aliphatic carbocycles. The van der Waals surface area contributed by atoms with Crippen LogP contribution in [0, 0.1) is 45.3 Å². The number of nitrogens with zero attached hydrogens (tertiary/aromatic N) is 2. The predicted octanol–water partition coefficient (Wildman–Crippen LogP) is 2.58. The molecule has 0 aliphatic heterocycles. The first kappa shape index (κ1) is 18.8. The van der Waals surface area contributed by atoms with E-state index in [2.05, 4.69) is 0 Å². The Kier molecular flexibility index (Phi) is 4.19. The van der Waals surface area contributed by atoms with Crippen LogP contribution in [0.15, 0.2) is 34.4 Å². The second-order valence-corrected chi connectivity index (χ2v) is 8.04. The van der Waals surface area contributed by atoms with Crippen molar-refractivity contribution in [1.82, 2.24) is 0 Å². The standard InChI is InChI=1S/C21H20N2O4/c1-20(2)16-6-5-12-14(21(16,3)8-11(9-22)18(20)25)7-15(24)13(10-23)17(12)19(26)27-4/h7-8,12,16H,5-6H2,1-4H3. The van der Waals surface area contributed by atoms with E-state index in [0.717, 1.165) is 0 Å². The largest absolute Gasteiger partial charge is 0.466 e. The van der Waals surface area contributed by atoms with Gasteiger partial charge in [0.15, 0.2) is 11.6 Å². The molecule has 0 saturated heterocycles. The Morgan fingerprint density at radius 2 is 1.85 bits per heavy atom. The van der Waals surface area contributed by atoms with Crippen LogP contribution < -0.4 is 0 Å². The van der Waals surface area contributed by atoms with E-state index in [1.165, 1.54) is 13.2 Å². The van der Waals surface area contributed by atoms with E-state index in [9.17, 15) is 24.9 Å². The number of carbonyl (C=O) groups excluding carboxylic acids is 3. The summed E-state index contributed by atoms with van der Waals surface area (Å²) < 4.78 is 4.84. The number of esters is 1. The first-order valence-electron chi connectivity index (χ1n) is 8.80. The van der Waals surface area contributed by atoms with E-state index in [0.29, 0.717) is 18.4 Å². The van der Waals surface area contributed by atoms with Crippen LogP contribution in [-0.4, -0.2) is 24.6 Å². The fourth-order valence-corrected chi connectivity index (χ4v) is 5.16. The lowest BCUT2D eigenvalue weighted by molar-refractivity contribution is -0.137. The molecule has 3 rings (SSSR count). The summed E-state index contributed by atoms with van der Waals surface area (Å²) in [5.41, 5.74) is -0.856. The first-order chi connectivity index (χ1) is 12.6. The molecule has 138 valence electrons. The summed E-state index contributed by atoms with van der Waals surface area (Å²) in [5, 5.41) is 18.8. The van der Waals surface area contributed by atoms with E-state index in [1.807, 2.05) is 32.9 Å². The second kappa shape index (κ2) is 6.03. The molecule has 0 aromatic carbocycles. The van der Waals surface area contributed by atoms with Crippen LogP contribution in [0.1, 0.15) is 33.6 Å². The van der Waals surface area contributed by atoms with Gasteiger partial charge in [-0.2, -0.15) is 10.5 Å². The molecule has 0 bridgehead atoms. The van der Waals surface area contributed by atoms with Gasteiger partial charge in [-0.15, -0.1) is 0 Å². The summed E-state index contributed by atoms with van der Waals surface area (Å²) in [6.45, 7) is 5.55. The van der Waals surface area contributed by atoms with Crippen molar-refractivity contribution in [2.45, 2.75) is 33.6 Å². The van der Waals surface area contributed by atoms with Crippen molar-refractivity contribution in [2.75, 3.05) is 7.11 Å². The number of hydrogen-bond acceptors (Lipinski definition) is 6. The van der Waals surface area contributed by atoms with Gasteiger partial charge in [-0.05, 0) is 30.4 Å². The Morgan fingerprint density at radius 1 is 1.19 bits per heavy atom. The van der Waals surface area contributed by atoms with Gasteiger partial charge in [0.2, 0.25) is 0 Å². The zero-order chi connectivity index (χ0) is 20.1. The van der Waals surface area contributed by atoms with Crippen LogP contribution in [0.25, 0.3) is 0 Å². The first-order valence-corrected chi connectivity index (χ1v) is 8.80. The third kappa shape index (κ3) is 2.40. The van der Waals surface area contributed by atoms with Crippen LogP contribution in [-0.2, 0) is 19.1 Å². The Hall–Kier alpha value is -2.99. The van der Waals surface area contributed by atoms with Crippen LogP contribution in [0.3, 0.4) is 0 Å². The lowest BCUT2D eigenvalue weighted by atomic mass is 9.48. The SMILES string of the molecule is COC(=O)C1=C(C#N)C(=O)C=C2C1CCC1C(C)(C)C(=O)C(C#N)=CC21C. The summed E-state index contributed by atoms with van der Waals surface area (Å²) >= 11 is 0. The number of methoxy groups -OCH3 is 1. The molecule has 3 unspecified atom stereocenters. The van der Waals surface area contributed by atoms with Crippen molar-refractivity contribution in [1.29, 1.82) is 10.5 Å². The van der Waals surface area contributed by atoms with Gasteiger partial charge in [0.25, 0.3) is 0 Å². The third-order valence-electron chi connectivity index (χ3n) is 6.40. The van der Waals surface area contributed by atoms with Crippen molar-refractivity contribution < 1.29 is 19.1 Å². The number of rotatable bonds is 1. The van der Waals surface area contributed by atoms with Gasteiger partial charge in [-0.25, -0.2) is 4.79 Å². The van der Waals surface area contributed by atoms with Gasteiger partial charge < -0.3 is 4.74 Å². The van der Waals surface area contributed by atoms with Crippen molar-refractivity contribution in [3.8, 4) is 12.1 Å². The van der Waals surface area contributed by atoms with Crippen LogP contribution in [0.4, 0.5) is 0 Å². The monoisotopic (exact) mass is 364 g/mol. The fourth-order valence-electron chi connectivity index (χ4n) is 5.16. The molecule has 27 heavy (non-hydrogen) atoms. The van der Waals surface area contributed by atoms with Gasteiger partial charge in [0.1, 0.15) is 17.7 Å². The van der Waals surface area contributed by atoms with Gasteiger partial charge >= 0.3 is 5.97 Å². The number of fused-ring (bicyclic) bond motifs is 3. The summed E-state index contributed by atoms with van der Waals surface area (Å²) in [4.78, 5) is 37.7. The van der Waals surface area contributed by atoms with Crippen LogP contribution >= 0.6 is 0 Å². The topological polar surface area (TPSA) is 108 Å². The van der Waals surface area contributed by atoms with Crippen molar-refractivity contribution in [3.05, 3.63) is 34.4 Å². The van der Waals surface area contributed by atoms with E-state index in [-0.39, 0.29) is 28.4 Å². The Labute approximate surface area is 157 Å². The number of carbonyl (C=O) groups is 3. The smallest absolute Gasteiger partial charge is 0.335 e. The van der Waals surface area contributed by atoms with Gasteiger partial charge in [0.05, 0.1) is 18.3 Å². The van der Waals surface area contributed by atoms with Gasteiger partial charge in [-0.3, -0.25) is 9.59 Å². The summed E-state index contributed by atoms with van der Waals surface area (Å²) in [6.07, 6.45) is 4.21. The molecule has 6 nitrogen and oxygen atoms in total. The molecular formula is C21H20N2O4. The quantitative estimate of drug-likeness (QED) is 0.662. The summed E-state index contributed by atoms with van der Waals surface area (Å²) in [5.74, 6) is -1.98. The number of allylic oxidation sites excluding steroid dienone is 5. The highest BCUT2D eigenvalue weighted by Gasteiger charge is 2.57.